The maximum atomic E-state index is 11.8. The van der Waals surface area contributed by atoms with E-state index in [2.05, 4.69) is 6.92 Å². The fraction of sp³-hybridized carbons (Fsp3) is 0.417. The zero-order valence-electron chi connectivity index (χ0n) is 8.54. The molecule has 0 spiro atoms. The normalized spacial score (nSPS) is 19.3. The van der Waals surface area contributed by atoms with Gasteiger partial charge in [-0.05, 0) is 31.0 Å². The van der Waals surface area contributed by atoms with Gasteiger partial charge in [-0.2, -0.15) is 0 Å². The van der Waals surface area contributed by atoms with Crippen molar-refractivity contribution in [3.05, 3.63) is 29.3 Å². The van der Waals surface area contributed by atoms with Crippen molar-refractivity contribution in [3.63, 3.8) is 0 Å². The zero-order valence-corrected chi connectivity index (χ0v) is 8.54. The Morgan fingerprint density at radius 1 is 1.43 bits per heavy atom. The molecule has 0 bridgehead atoms. The van der Waals surface area contributed by atoms with Crippen LogP contribution in [0.5, 0.6) is 5.75 Å². The topological polar surface area (TPSA) is 26.3 Å². The molecule has 1 aliphatic rings. The van der Waals surface area contributed by atoms with Crippen LogP contribution in [0, 0.1) is 6.92 Å². The highest BCUT2D eigenvalue weighted by Gasteiger charge is 2.31. The number of hydrogen-bond acceptors (Lipinski definition) is 2. The van der Waals surface area contributed by atoms with Gasteiger partial charge in [0, 0.05) is 0 Å². The lowest BCUT2D eigenvalue weighted by Gasteiger charge is -2.06. The quantitative estimate of drug-likeness (QED) is 0.716. The van der Waals surface area contributed by atoms with Gasteiger partial charge in [0.2, 0.25) is 5.78 Å². The lowest BCUT2D eigenvalue weighted by Crippen LogP contribution is -2.19. The van der Waals surface area contributed by atoms with Gasteiger partial charge < -0.3 is 4.74 Å². The van der Waals surface area contributed by atoms with Crippen molar-refractivity contribution in [1.82, 2.24) is 0 Å². The number of rotatable bonds is 2. The first-order valence-corrected chi connectivity index (χ1v) is 5.04. The second-order valence-electron chi connectivity index (χ2n) is 3.76. The molecule has 0 amide bonds. The number of carbonyl (C=O) groups is 1. The van der Waals surface area contributed by atoms with Gasteiger partial charge in [0.25, 0.3) is 0 Å². The molecule has 0 radical (unpaired) electrons. The smallest absolute Gasteiger partial charge is 0.207 e. The average molecular weight is 190 g/mol. The van der Waals surface area contributed by atoms with E-state index in [1.165, 1.54) is 0 Å². The molecule has 0 saturated carbocycles. The molecule has 1 unspecified atom stereocenters. The average Bonchev–Trinajstić information content (AvgIpc) is 2.44. The van der Waals surface area contributed by atoms with Crippen LogP contribution >= 0.6 is 0 Å². The minimum atomic E-state index is -0.239. The summed E-state index contributed by atoms with van der Waals surface area (Å²) in [7, 11) is 0. The van der Waals surface area contributed by atoms with Crippen molar-refractivity contribution in [1.29, 1.82) is 0 Å². The minimum absolute atomic E-state index is 0.141. The van der Waals surface area contributed by atoms with E-state index in [0.29, 0.717) is 0 Å². The van der Waals surface area contributed by atoms with E-state index in [9.17, 15) is 4.79 Å². The second-order valence-corrected chi connectivity index (χ2v) is 3.76. The lowest BCUT2D eigenvalue weighted by molar-refractivity contribution is 0.0845. The molecule has 1 aromatic carbocycles. The Morgan fingerprint density at radius 2 is 2.21 bits per heavy atom. The van der Waals surface area contributed by atoms with E-state index in [1.807, 2.05) is 25.1 Å². The predicted molar refractivity (Wildman–Crippen MR) is 54.8 cm³/mol. The van der Waals surface area contributed by atoms with Crippen molar-refractivity contribution < 1.29 is 9.53 Å². The van der Waals surface area contributed by atoms with E-state index in [4.69, 9.17) is 4.74 Å². The van der Waals surface area contributed by atoms with Crippen LogP contribution < -0.4 is 4.74 Å². The van der Waals surface area contributed by atoms with Crippen LogP contribution in [0.25, 0.3) is 0 Å². The number of fused-ring (bicyclic) bond motifs is 1. The van der Waals surface area contributed by atoms with Gasteiger partial charge in [0.15, 0.2) is 6.10 Å². The molecule has 1 aromatic rings. The summed E-state index contributed by atoms with van der Waals surface area (Å²) < 4.78 is 5.59. The molecule has 2 nitrogen and oxygen atoms in total. The minimum Gasteiger partial charge on any atom is -0.481 e. The second kappa shape index (κ2) is 3.45. The first kappa shape index (κ1) is 9.25. The fourth-order valence-corrected chi connectivity index (χ4v) is 1.76. The van der Waals surface area contributed by atoms with E-state index in [1.54, 1.807) is 0 Å². The molecule has 0 N–H and O–H groups in total. The standard InChI is InChI=1S/C12H14O2/c1-3-4-10-12(13)9-6-5-8(2)7-11(9)14-10/h5-7,10H,3-4H2,1-2H3. The Kier molecular flexibility index (Phi) is 2.28. The molecule has 0 aliphatic carbocycles. The Balaban J connectivity index is 2.31. The third-order valence-electron chi connectivity index (χ3n) is 2.52. The number of ketones is 1. The Morgan fingerprint density at radius 3 is 2.93 bits per heavy atom. The molecule has 2 rings (SSSR count). The lowest BCUT2D eigenvalue weighted by atomic mass is 10.0. The molecule has 2 heteroatoms. The third kappa shape index (κ3) is 1.41. The van der Waals surface area contributed by atoms with Crippen molar-refractivity contribution in [3.8, 4) is 5.75 Å². The van der Waals surface area contributed by atoms with Gasteiger partial charge in [0.05, 0.1) is 5.56 Å². The number of benzene rings is 1. The van der Waals surface area contributed by atoms with Crippen molar-refractivity contribution in [2.24, 2.45) is 0 Å². The van der Waals surface area contributed by atoms with Crippen LogP contribution in [-0.2, 0) is 0 Å². The molecule has 14 heavy (non-hydrogen) atoms. The molecule has 0 saturated heterocycles. The highest BCUT2D eigenvalue weighted by Crippen LogP contribution is 2.31. The van der Waals surface area contributed by atoms with Crippen molar-refractivity contribution in [2.45, 2.75) is 32.8 Å². The number of Topliss-reactive ketones (excluding diaryl/α,β-unsaturated/α-hetero) is 1. The number of aryl methyl sites for hydroxylation is 1. The van der Waals surface area contributed by atoms with Gasteiger partial charge in [-0.1, -0.05) is 19.4 Å². The number of ether oxygens (including phenoxy) is 1. The predicted octanol–water partition coefficient (Wildman–Crippen LogP) is 2.74. The van der Waals surface area contributed by atoms with E-state index in [-0.39, 0.29) is 11.9 Å². The Bertz CT molecular complexity index is 369. The highest BCUT2D eigenvalue weighted by molar-refractivity contribution is 6.04. The summed E-state index contributed by atoms with van der Waals surface area (Å²) in [5, 5.41) is 0. The van der Waals surface area contributed by atoms with Crippen LogP contribution in [0.15, 0.2) is 18.2 Å². The maximum Gasteiger partial charge on any atom is 0.207 e. The molecular formula is C12H14O2. The van der Waals surface area contributed by atoms with Crippen molar-refractivity contribution >= 4 is 5.78 Å². The van der Waals surface area contributed by atoms with E-state index < -0.39 is 0 Å². The SMILES string of the molecule is CCCC1Oc2cc(C)ccc2C1=O. The Hall–Kier alpha value is -1.31. The summed E-state index contributed by atoms with van der Waals surface area (Å²) in [6.07, 6.45) is 1.55. The van der Waals surface area contributed by atoms with E-state index >= 15 is 0 Å². The number of carbonyl (C=O) groups excluding carboxylic acids is 1. The molecule has 0 fully saturated rings. The third-order valence-corrected chi connectivity index (χ3v) is 2.52. The zero-order chi connectivity index (χ0) is 10.1. The summed E-state index contributed by atoms with van der Waals surface area (Å²) in [6.45, 7) is 4.06. The van der Waals surface area contributed by atoms with Crippen LogP contribution in [0.3, 0.4) is 0 Å². The molecule has 0 aromatic heterocycles. The van der Waals surface area contributed by atoms with Crippen LogP contribution in [0.1, 0.15) is 35.7 Å². The van der Waals surface area contributed by atoms with Gasteiger partial charge in [0.1, 0.15) is 5.75 Å². The summed E-state index contributed by atoms with van der Waals surface area (Å²) in [5.74, 6) is 0.898. The Labute approximate surface area is 83.9 Å². The van der Waals surface area contributed by atoms with Gasteiger partial charge >= 0.3 is 0 Å². The summed E-state index contributed by atoms with van der Waals surface area (Å²) in [6, 6.07) is 5.75. The molecule has 1 aliphatic heterocycles. The van der Waals surface area contributed by atoms with E-state index in [0.717, 1.165) is 29.7 Å². The summed E-state index contributed by atoms with van der Waals surface area (Å²) in [4.78, 5) is 11.8. The molecule has 74 valence electrons. The highest BCUT2D eigenvalue weighted by atomic mass is 16.5. The molecule has 1 heterocycles. The summed E-state index contributed by atoms with van der Waals surface area (Å²) >= 11 is 0. The first-order valence-electron chi connectivity index (χ1n) is 5.04. The van der Waals surface area contributed by atoms with Crippen molar-refractivity contribution in [2.75, 3.05) is 0 Å². The monoisotopic (exact) mass is 190 g/mol. The number of hydrogen-bond donors (Lipinski definition) is 0. The molecular weight excluding hydrogens is 176 g/mol. The van der Waals surface area contributed by atoms with Crippen LogP contribution in [0.2, 0.25) is 0 Å². The largest absolute Gasteiger partial charge is 0.481 e. The van der Waals surface area contributed by atoms with Gasteiger partial charge in [-0.15, -0.1) is 0 Å². The van der Waals surface area contributed by atoms with Crippen LogP contribution in [0.4, 0.5) is 0 Å². The first-order chi connectivity index (χ1) is 6.72. The van der Waals surface area contributed by atoms with Gasteiger partial charge in [-0.3, -0.25) is 4.79 Å². The summed E-state index contributed by atoms with van der Waals surface area (Å²) in [5.41, 5.74) is 1.88. The molecule has 1 atom stereocenters. The van der Waals surface area contributed by atoms with Crippen LogP contribution in [-0.4, -0.2) is 11.9 Å². The maximum absolute atomic E-state index is 11.8. The van der Waals surface area contributed by atoms with Gasteiger partial charge in [-0.25, -0.2) is 0 Å². The fourth-order valence-electron chi connectivity index (χ4n) is 1.76.